The number of carbonyl (C=O) groups is 1. The maximum absolute atomic E-state index is 11.8. The van der Waals surface area contributed by atoms with Crippen LogP contribution in [0.4, 0.5) is 0 Å². The second-order valence-electron chi connectivity index (χ2n) is 13.4. The lowest BCUT2D eigenvalue weighted by Gasteiger charge is -2.55. The van der Waals surface area contributed by atoms with Crippen molar-refractivity contribution in [2.75, 3.05) is 0 Å². The van der Waals surface area contributed by atoms with Gasteiger partial charge in [0.05, 0.1) is 36.6 Å². The number of carboxylic acid groups (broad SMARTS) is 1. The van der Waals surface area contributed by atoms with Gasteiger partial charge in [-0.25, -0.2) is 4.79 Å². The maximum atomic E-state index is 11.8. The topological polar surface area (TPSA) is 159 Å². The summed E-state index contributed by atoms with van der Waals surface area (Å²) in [6, 6.07) is 0. The zero-order valence-corrected chi connectivity index (χ0v) is 25.5. The van der Waals surface area contributed by atoms with Crippen molar-refractivity contribution in [1.29, 1.82) is 0 Å². The molecule has 0 spiro atoms. The fraction of sp³-hybridized carbons (Fsp3) is 0.781. The largest absolute Gasteiger partial charge is 0.478 e. The van der Waals surface area contributed by atoms with Crippen LogP contribution >= 0.6 is 0 Å². The summed E-state index contributed by atoms with van der Waals surface area (Å²) in [5.74, 6) is -2.16. The molecule has 2 aliphatic rings. The second kappa shape index (κ2) is 14.1. The van der Waals surface area contributed by atoms with Gasteiger partial charge in [0.25, 0.3) is 0 Å². The first kappa shape index (κ1) is 34.7. The van der Waals surface area contributed by atoms with E-state index in [4.69, 9.17) is 0 Å². The highest BCUT2D eigenvalue weighted by Crippen LogP contribution is 2.57. The van der Waals surface area contributed by atoms with Crippen molar-refractivity contribution in [3.8, 4) is 0 Å². The minimum Gasteiger partial charge on any atom is -0.478 e. The molecular weight excluding hydrogens is 512 g/mol. The van der Waals surface area contributed by atoms with Crippen LogP contribution in [-0.4, -0.2) is 78.3 Å². The highest BCUT2D eigenvalue weighted by atomic mass is 16.4. The second-order valence-corrected chi connectivity index (χ2v) is 13.4. The minimum atomic E-state index is -1.000. The van der Waals surface area contributed by atoms with Gasteiger partial charge in [-0.1, -0.05) is 64.0 Å². The van der Waals surface area contributed by atoms with Crippen LogP contribution in [0, 0.1) is 40.9 Å². The van der Waals surface area contributed by atoms with Gasteiger partial charge in [-0.05, 0) is 75.5 Å². The molecule has 0 heterocycles. The summed E-state index contributed by atoms with van der Waals surface area (Å²) in [4.78, 5) is 11.8. The van der Waals surface area contributed by atoms with Crippen LogP contribution in [0.1, 0.15) is 81.1 Å². The molecule has 0 aromatic rings. The lowest BCUT2D eigenvalue weighted by atomic mass is 9.50. The first-order chi connectivity index (χ1) is 18.4. The van der Waals surface area contributed by atoms with Gasteiger partial charge < -0.3 is 35.7 Å². The molecule has 1 saturated carbocycles. The minimum absolute atomic E-state index is 0.0152. The van der Waals surface area contributed by atoms with E-state index in [2.05, 4.69) is 13.0 Å². The molecule has 7 N–H and O–H groups in total. The van der Waals surface area contributed by atoms with E-state index < -0.39 is 53.9 Å². The smallest absolute Gasteiger partial charge is 0.330 e. The number of aliphatic hydroxyl groups excluding tert-OH is 6. The van der Waals surface area contributed by atoms with E-state index in [-0.39, 0.29) is 54.4 Å². The average Bonchev–Trinajstić information content (AvgIpc) is 2.84. The summed E-state index contributed by atoms with van der Waals surface area (Å²) in [7, 11) is 0. The van der Waals surface area contributed by atoms with Gasteiger partial charge in [0.1, 0.15) is 0 Å². The predicted octanol–water partition coefficient (Wildman–Crippen LogP) is 3.45. The molecule has 0 aromatic heterocycles. The fourth-order valence-electron chi connectivity index (χ4n) is 7.44. The Labute approximate surface area is 240 Å². The molecule has 2 aliphatic carbocycles. The summed E-state index contributed by atoms with van der Waals surface area (Å²) in [5.41, 5.74) is 1.83. The van der Waals surface area contributed by atoms with E-state index in [1.807, 2.05) is 40.7 Å². The Kier molecular flexibility index (Phi) is 12.2. The van der Waals surface area contributed by atoms with Crippen LogP contribution < -0.4 is 0 Å². The fourth-order valence-corrected chi connectivity index (χ4v) is 7.44. The average molecular weight is 567 g/mol. The zero-order valence-electron chi connectivity index (χ0n) is 25.5. The van der Waals surface area contributed by atoms with E-state index in [9.17, 15) is 40.5 Å². The maximum Gasteiger partial charge on any atom is 0.330 e. The number of hydrogen-bond acceptors (Lipinski definition) is 7. The third-order valence-corrected chi connectivity index (χ3v) is 9.63. The molecule has 2 rings (SSSR count). The normalized spacial score (nSPS) is 35.4. The number of allylic oxidation sites excluding steroid dienone is 4. The highest BCUT2D eigenvalue weighted by Gasteiger charge is 2.54. The number of aliphatic hydroxyl groups is 6. The highest BCUT2D eigenvalue weighted by molar-refractivity contribution is 5.85. The molecule has 0 radical (unpaired) electrons. The molecule has 0 aromatic carbocycles. The van der Waals surface area contributed by atoms with Gasteiger partial charge in [0, 0.05) is 17.4 Å². The van der Waals surface area contributed by atoms with Gasteiger partial charge in [-0.15, -0.1) is 0 Å². The molecule has 0 bridgehead atoms. The Balaban J connectivity index is 2.25. The Hall–Kier alpha value is -1.55. The lowest BCUT2D eigenvalue weighted by Crippen LogP contribution is -2.55. The molecule has 1 fully saturated rings. The van der Waals surface area contributed by atoms with Gasteiger partial charge in [0.15, 0.2) is 0 Å². The summed E-state index contributed by atoms with van der Waals surface area (Å²) >= 11 is 0. The van der Waals surface area contributed by atoms with Crippen LogP contribution in [0.3, 0.4) is 0 Å². The number of aliphatic carboxylic acids is 1. The molecule has 0 amide bonds. The molecule has 230 valence electrons. The van der Waals surface area contributed by atoms with E-state index in [0.717, 1.165) is 11.1 Å². The monoisotopic (exact) mass is 566 g/mol. The first-order valence-electron chi connectivity index (χ1n) is 14.8. The van der Waals surface area contributed by atoms with Crippen LogP contribution in [0.15, 0.2) is 34.9 Å². The predicted molar refractivity (Wildman–Crippen MR) is 155 cm³/mol. The molecule has 0 aliphatic heterocycles. The Morgan fingerprint density at radius 3 is 2.23 bits per heavy atom. The van der Waals surface area contributed by atoms with Gasteiger partial charge in [0.2, 0.25) is 0 Å². The van der Waals surface area contributed by atoms with Crippen molar-refractivity contribution < 1.29 is 40.5 Å². The third-order valence-electron chi connectivity index (χ3n) is 9.63. The quantitative estimate of drug-likeness (QED) is 0.140. The van der Waals surface area contributed by atoms with E-state index in [0.29, 0.717) is 6.42 Å². The SMILES string of the molecule is CC(=CC1C(C(C)=CCC(O)CC(O)CC(O)C(C)C(O)C(C)C)C(C)=CC2(C)CC(O)C(O)C(C)C12)C(=O)O. The number of rotatable bonds is 12. The molecule has 8 heteroatoms. The van der Waals surface area contributed by atoms with Crippen LogP contribution in [-0.2, 0) is 4.79 Å². The van der Waals surface area contributed by atoms with Crippen LogP contribution in [0.5, 0.6) is 0 Å². The lowest BCUT2D eigenvalue weighted by molar-refractivity contribution is -0.132. The Morgan fingerprint density at radius 1 is 1.07 bits per heavy atom. The molecule has 8 nitrogen and oxygen atoms in total. The third kappa shape index (κ3) is 8.05. The van der Waals surface area contributed by atoms with Gasteiger partial charge in [-0.3, -0.25) is 0 Å². The van der Waals surface area contributed by atoms with Crippen LogP contribution in [0.25, 0.3) is 0 Å². The number of fused-ring (bicyclic) bond motifs is 1. The Bertz CT molecular complexity index is 955. The summed E-state index contributed by atoms with van der Waals surface area (Å²) in [6.45, 7) is 15.0. The van der Waals surface area contributed by atoms with Gasteiger partial charge in [-0.2, -0.15) is 0 Å². The van der Waals surface area contributed by atoms with Crippen molar-refractivity contribution in [2.24, 2.45) is 40.9 Å². The Morgan fingerprint density at radius 2 is 1.68 bits per heavy atom. The van der Waals surface area contributed by atoms with Gasteiger partial charge >= 0.3 is 5.97 Å². The van der Waals surface area contributed by atoms with E-state index in [1.54, 1.807) is 19.9 Å². The van der Waals surface area contributed by atoms with E-state index in [1.165, 1.54) is 0 Å². The van der Waals surface area contributed by atoms with E-state index >= 15 is 0 Å². The first-order valence-corrected chi connectivity index (χ1v) is 14.8. The van der Waals surface area contributed by atoms with Crippen molar-refractivity contribution in [2.45, 2.75) is 118 Å². The summed E-state index contributed by atoms with van der Waals surface area (Å²) in [6.07, 6.45) is 1.58. The van der Waals surface area contributed by atoms with Crippen molar-refractivity contribution in [1.82, 2.24) is 0 Å². The molecule has 12 atom stereocenters. The summed E-state index contributed by atoms with van der Waals surface area (Å²) < 4.78 is 0. The number of hydrogen-bond donors (Lipinski definition) is 7. The standard InChI is InChI=1S/C32H54O8/c1-16(2)29(37)20(6)25(35)13-23(34)12-22(33)10-9-17(3)27-19(5)14-32(8)15-26(36)30(38)21(7)28(32)24(27)11-18(4)31(39)40/h9,11,14,16,20-30,33-38H,10,12-13,15H2,1-8H3,(H,39,40). The zero-order chi connectivity index (χ0) is 30.7. The van der Waals surface area contributed by atoms with Crippen molar-refractivity contribution in [3.05, 3.63) is 34.9 Å². The number of carboxylic acids is 1. The van der Waals surface area contributed by atoms with Crippen molar-refractivity contribution >= 4 is 5.97 Å². The summed E-state index contributed by atoms with van der Waals surface area (Å²) in [5, 5.41) is 72.8. The molecule has 12 unspecified atom stereocenters. The van der Waals surface area contributed by atoms with Crippen molar-refractivity contribution in [3.63, 3.8) is 0 Å². The van der Waals surface area contributed by atoms with Crippen LogP contribution in [0.2, 0.25) is 0 Å². The molecule has 40 heavy (non-hydrogen) atoms. The molecule has 0 saturated heterocycles. The molecular formula is C32H54O8.